The van der Waals surface area contributed by atoms with Gasteiger partial charge < -0.3 is 98.6 Å². The Labute approximate surface area is 195 Å². The molecule has 20 nitrogen and oxygen atoms in total. The van der Waals surface area contributed by atoms with Crippen molar-refractivity contribution in [2.75, 3.05) is 0 Å². The molecule has 0 bridgehead atoms. The average Bonchev–Trinajstić information content (AvgIpc) is 2.56. The third-order valence-electron chi connectivity index (χ3n) is 0.333. The minimum atomic E-state index is -2.65. The molecule has 0 aromatic heterocycles. The molecular weight excluding hydrogens is 542 g/mol. The van der Waals surface area contributed by atoms with Crippen LogP contribution in [0.4, 0.5) is 0 Å². The van der Waals surface area contributed by atoms with E-state index >= 15 is 0 Å². The van der Waals surface area contributed by atoms with Gasteiger partial charge in [-0.15, -0.1) is 0 Å². The summed E-state index contributed by atoms with van der Waals surface area (Å²) in [4.78, 5) is 74.5. The summed E-state index contributed by atoms with van der Waals surface area (Å²) in [5.74, 6) is 0. The molecule has 0 aliphatic carbocycles. The van der Waals surface area contributed by atoms with Crippen LogP contribution >= 0.6 is 43.0 Å². The van der Waals surface area contributed by atoms with E-state index in [9.17, 15) is 0 Å². The van der Waals surface area contributed by atoms with Crippen LogP contribution in [0.1, 0.15) is 0 Å². The van der Waals surface area contributed by atoms with E-state index in [4.69, 9.17) is 75.2 Å². The van der Waals surface area contributed by atoms with E-state index in [1.54, 1.807) is 0 Å². The molecule has 0 radical (unpaired) electrons. The van der Waals surface area contributed by atoms with E-state index in [0.717, 1.165) is 0 Å². The molecule has 0 aliphatic rings. The van der Waals surface area contributed by atoms with E-state index in [-0.39, 0.29) is 55.1 Å². The molecule has 0 saturated heterocycles. The van der Waals surface area contributed by atoms with Crippen LogP contribution in [0, 0.1) is 0 Å². The average molecular weight is 552 g/mol. The van der Waals surface area contributed by atoms with Crippen LogP contribution in [0.2, 0.25) is 0 Å². The van der Waals surface area contributed by atoms with Crippen molar-refractivity contribution >= 4 is 98.1 Å². The Bertz CT molecular complexity index is 147. The summed E-state index contributed by atoms with van der Waals surface area (Å²) < 4.78 is 13.4. The smallest absolute Gasteiger partial charge is 0.716 e. The van der Waals surface area contributed by atoms with Gasteiger partial charge in [0.25, 0.3) is 0 Å². The van der Waals surface area contributed by atoms with Crippen LogP contribution in [0.3, 0.4) is 0 Å². The molecule has 27 heteroatoms. The fourth-order valence-corrected chi connectivity index (χ4v) is 0. The molecule has 0 unspecified atom stereocenters. The normalized spacial score (nSPS) is 8.89. The molecule has 0 aromatic carbocycles. The van der Waals surface area contributed by atoms with E-state index in [0.29, 0.717) is 0 Å². The first-order valence-electron chi connectivity index (χ1n) is 3.75. The Kier molecular flexibility index (Phi) is 76.3. The first-order chi connectivity index (χ1) is 11.4. The van der Waals surface area contributed by atoms with Gasteiger partial charge in [0.15, 0.2) is 0 Å². The summed E-state index contributed by atoms with van der Waals surface area (Å²) in [5.41, 5.74) is 0. The third kappa shape index (κ3) is 124. The van der Waals surface area contributed by atoms with Gasteiger partial charge >= 0.3 is 98.1 Å². The van der Waals surface area contributed by atoms with Crippen molar-refractivity contribution in [3.63, 3.8) is 0 Å². The second-order valence-corrected chi connectivity index (χ2v) is 4.91. The van der Waals surface area contributed by atoms with Crippen molar-refractivity contribution in [3.05, 3.63) is 0 Å². The molecule has 10 N–H and O–H groups in total. The second kappa shape index (κ2) is 43.1. The summed E-state index contributed by atoms with van der Waals surface area (Å²) in [6.07, 6.45) is 0. The largest absolute Gasteiger partial charge is 3.00 e. The maximum atomic E-state index is 8.66. The molecule has 0 spiro atoms. The summed E-state index contributed by atoms with van der Waals surface area (Å²) in [7, 11) is -13.3. The van der Waals surface area contributed by atoms with Crippen LogP contribution < -0.4 is 26.3 Å². The molecule has 0 amide bonds. The van der Waals surface area contributed by atoms with Crippen molar-refractivity contribution in [1.82, 2.24) is 0 Å². The van der Waals surface area contributed by atoms with E-state index < -0.39 is 43.0 Å². The molecule has 0 aliphatic heterocycles. The predicted molar refractivity (Wildman–Crippen MR) is 73.7 cm³/mol. The fourth-order valence-electron chi connectivity index (χ4n) is 0. The van der Waals surface area contributed by atoms with Gasteiger partial charge in [0.1, 0.15) is 0 Å². The third-order valence-corrected chi connectivity index (χ3v) is 1.00. The minimum absolute atomic E-state index is 0. The Morgan fingerprint density at radius 1 is 0.370 bits per heavy atom. The van der Waals surface area contributed by atoms with E-state index in [2.05, 4.69) is 23.4 Å². The SMILES string of the molecule is [Al+3].[Ca+2].[O-]OP(O)O.[O-]OP(O)O.[O-]OP(O)O.[O-]OP(O)O.[O-]OP(O)O. The quantitative estimate of drug-likeness (QED) is 0.0655. The number of rotatable bonds is 5. The van der Waals surface area contributed by atoms with Crippen LogP contribution in [-0.4, -0.2) is 104 Å². The Morgan fingerprint density at radius 2 is 0.407 bits per heavy atom. The maximum Gasteiger partial charge on any atom is 3.00 e. The molecule has 0 saturated carbocycles. The first-order valence-corrected chi connectivity index (χ1v) is 9.57. The fraction of sp³-hybridized carbons (Fsp3) is 0. The molecule has 0 rings (SSSR count). The predicted octanol–water partition coefficient (Wildman–Crippen LogP) is -8.31. The summed E-state index contributed by atoms with van der Waals surface area (Å²) in [6.45, 7) is 0. The van der Waals surface area contributed by atoms with Gasteiger partial charge in [-0.25, -0.2) is 0 Å². The Balaban J connectivity index is -0.0000000364. The van der Waals surface area contributed by atoms with Crippen LogP contribution in [-0.2, 0) is 23.4 Å². The molecule has 0 heterocycles. The Hall–Kier alpha value is 3.14. The number of hydrogen-bond acceptors (Lipinski definition) is 20. The van der Waals surface area contributed by atoms with Crippen molar-refractivity contribution < 1.29 is 98.6 Å². The van der Waals surface area contributed by atoms with Gasteiger partial charge in [0.05, 0.1) is 0 Å². The second-order valence-electron chi connectivity index (χ2n) is 1.64. The zero-order valence-corrected chi connectivity index (χ0v) is 19.9. The van der Waals surface area contributed by atoms with Crippen LogP contribution in [0.5, 0.6) is 0 Å². The van der Waals surface area contributed by atoms with Crippen molar-refractivity contribution in [2.45, 2.75) is 0 Å². The maximum absolute atomic E-state index is 8.66. The number of hydrogen-bond donors (Lipinski definition) is 10. The van der Waals surface area contributed by atoms with Crippen molar-refractivity contribution in [1.29, 1.82) is 0 Å². The monoisotopic (exact) mass is 552 g/mol. The molecule has 160 valence electrons. The molecule has 0 aromatic rings. The summed E-state index contributed by atoms with van der Waals surface area (Å²) in [6, 6.07) is 0. The molecular formula is H10AlCaO20P5. The van der Waals surface area contributed by atoms with Gasteiger partial charge in [0, 0.05) is 0 Å². The van der Waals surface area contributed by atoms with Gasteiger partial charge in [-0.05, 0) is 0 Å². The topological polar surface area (TPSA) is 364 Å². The van der Waals surface area contributed by atoms with Gasteiger partial charge in [-0.1, -0.05) is 0 Å². The van der Waals surface area contributed by atoms with Crippen LogP contribution in [0.15, 0.2) is 0 Å². The Morgan fingerprint density at radius 3 is 0.407 bits per heavy atom. The van der Waals surface area contributed by atoms with Gasteiger partial charge in [0.2, 0.25) is 0 Å². The zero-order valence-electron chi connectivity index (χ0n) is 12.1. The molecule has 27 heavy (non-hydrogen) atoms. The zero-order chi connectivity index (χ0) is 21.4. The molecule has 0 atom stereocenters. The first kappa shape index (κ1) is 47.8. The standard InChI is InChI=1S/Al.Ca.5H3O4P/c;;5*1-4-5(2)3/h;;5*1-3H/q+3;+2;;;;;/p-5. The van der Waals surface area contributed by atoms with E-state index in [1.807, 2.05) is 0 Å². The van der Waals surface area contributed by atoms with Crippen molar-refractivity contribution in [3.8, 4) is 0 Å². The summed E-state index contributed by atoms with van der Waals surface area (Å²) in [5, 5.41) is 43.3. The van der Waals surface area contributed by atoms with Crippen molar-refractivity contribution in [2.24, 2.45) is 0 Å². The van der Waals surface area contributed by atoms with Crippen LogP contribution in [0.25, 0.3) is 0 Å². The summed E-state index contributed by atoms with van der Waals surface area (Å²) >= 11 is 0. The van der Waals surface area contributed by atoms with E-state index in [1.165, 1.54) is 0 Å². The van der Waals surface area contributed by atoms with Gasteiger partial charge in [-0.2, -0.15) is 0 Å². The molecule has 0 fully saturated rings. The van der Waals surface area contributed by atoms with Gasteiger partial charge in [-0.3, -0.25) is 0 Å². The minimum Gasteiger partial charge on any atom is -0.716 e.